The van der Waals surface area contributed by atoms with Crippen LogP contribution in [0.3, 0.4) is 0 Å². The molecule has 2 rings (SSSR count). The molecule has 2 heteroatoms. The van der Waals surface area contributed by atoms with E-state index < -0.39 is 0 Å². The maximum atomic E-state index is 3.62. The first-order chi connectivity index (χ1) is 5.90. The highest BCUT2D eigenvalue weighted by atomic mass is 79.9. The standard InChI is InChI=1S/C10H18BrN/c11-7-10-3-1-2-6-12(10)8-9-4-5-9/h9-10H,1-8H2/t10-/m1/s1. The van der Waals surface area contributed by atoms with Gasteiger partial charge in [0.1, 0.15) is 0 Å². The minimum Gasteiger partial charge on any atom is -0.299 e. The van der Waals surface area contributed by atoms with E-state index in [0.29, 0.717) is 0 Å². The van der Waals surface area contributed by atoms with Gasteiger partial charge in [0.2, 0.25) is 0 Å². The van der Waals surface area contributed by atoms with Gasteiger partial charge in [0, 0.05) is 17.9 Å². The Morgan fingerprint density at radius 1 is 1.17 bits per heavy atom. The molecule has 1 saturated heterocycles. The molecule has 1 saturated carbocycles. The third-order valence-electron chi connectivity index (χ3n) is 3.12. The number of piperidine rings is 1. The van der Waals surface area contributed by atoms with Crippen LogP contribution in [-0.4, -0.2) is 29.4 Å². The molecular weight excluding hydrogens is 214 g/mol. The van der Waals surface area contributed by atoms with E-state index in [1.54, 1.807) is 0 Å². The Labute approximate surface area is 83.6 Å². The van der Waals surface area contributed by atoms with Crippen LogP contribution in [0.1, 0.15) is 32.1 Å². The molecule has 12 heavy (non-hydrogen) atoms. The molecule has 1 atom stereocenters. The maximum Gasteiger partial charge on any atom is 0.0192 e. The molecule has 1 aliphatic carbocycles. The Hall–Kier alpha value is 0.440. The van der Waals surface area contributed by atoms with Crippen LogP contribution in [0.4, 0.5) is 0 Å². The van der Waals surface area contributed by atoms with E-state index in [2.05, 4.69) is 20.8 Å². The van der Waals surface area contributed by atoms with Gasteiger partial charge in [-0.15, -0.1) is 0 Å². The van der Waals surface area contributed by atoms with Gasteiger partial charge < -0.3 is 0 Å². The lowest BCUT2D eigenvalue weighted by molar-refractivity contribution is 0.158. The maximum absolute atomic E-state index is 3.62. The fourth-order valence-electron chi connectivity index (χ4n) is 2.11. The van der Waals surface area contributed by atoms with Crippen molar-refractivity contribution in [2.24, 2.45) is 5.92 Å². The number of likely N-dealkylation sites (tertiary alicyclic amines) is 1. The Morgan fingerprint density at radius 2 is 2.00 bits per heavy atom. The molecule has 0 N–H and O–H groups in total. The predicted octanol–water partition coefficient (Wildman–Crippen LogP) is 2.65. The second kappa shape index (κ2) is 4.10. The summed E-state index contributed by atoms with van der Waals surface area (Å²) in [5.41, 5.74) is 0. The summed E-state index contributed by atoms with van der Waals surface area (Å²) in [5, 5.41) is 1.18. The molecule has 70 valence electrons. The van der Waals surface area contributed by atoms with E-state index in [9.17, 15) is 0 Å². The Morgan fingerprint density at radius 3 is 2.67 bits per heavy atom. The third kappa shape index (κ3) is 2.23. The molecule has 2 aliphatic rings. The molecule has 0 unspecified atom stereocenters. The number of alkyl halides is 1. The van der Waals surface area contributed by atoms with Crippen molar-refractivity contribution in [1.29, 1.82) is 0 Å². The second-order valence-electron chi connectivity index (χ2n) is 4.24. The van der Waals surface area contributed by atoms with Crippen LogP contribution >= 0.6 is 15.9 Å². The summed E-state index contributed by atoms with van der Waals surface area (Å²) in [6, 6.07) is 0.847. The number of halogens is 1. The van der Waals surface area contributed by atoms with Gasteiger partial charge >= 0.3 is 0 Å². The zero-order chi connectivity index (χ0) is 8.39. The Balaban J connectivity index is 1.81. The minimum atomic E-state index is 0.847. The van der Waals surface area contributed by atoms with Crippen LogP contribution in [0, 0.1) is 5.92 Å². The first-order valence-corrected chi connectivity index (χ1v) is 6.32. The summed E-state index contributed by atoms with van der Waals surface area (Å²) < 4.78 is 0. The highest BCUT2D eigenvalue weighted by molar-refractivity contribution is 9.09. The highest BCUT2D eigenvalue weighted by Crippen LogP contribution is 2.32. The largest absolute Gasteiger partial charge is 0.299 e. The molecule has 1 aliphatic heterocycles. The first kappa shape index (κ1) is 9.01. The van der Waals surface area contributed by atoms with Gasteiger partial charge in [0.15, 0.2) is 0 Å². The van der Waals surface area contributed by atoms with Crippen molar-refractivity contribution in [2.45, 2.75) is 38.1 Å². The molecule has 1 nitrogen and oxygen atoms in total. The van der Waals surface area contributed by atoms with Gasteiger partial charge in [-0.05, 0) is 38.1 Å². The van der Waals surface area contributed by atoms with Crippen molar-refractivity contribution in [1.82, 2.24) is 4.90 Å². The van der Waals surface area contributed by atoms with Crippen LogP contribution in [0.25, 0.3) is 0 Å². The molecule has 0 bridgehead atoms. The lowest BCUT2D eigenvalue weighted by Crippen LogP contribution is -2.41. The fraction of sp³-hybridized carbons (Fsp3) is 1.00. The predicted molar refractivity (Wildman–Crippen MR) is 55.7 cm³/mol. The molecule has 0 radical (unpaired) electrons. The monoisotopic (exact) mass is 231 g/mol. The van der Waals surface area contributed by atoms with Crippen molar-refractivity contribution in [3.63, 3.8) is 0 Å². The Bertz CT molecular complexity index is 145. The minimum absolute atomic E-state index is 0.847. The summed E-state index contributed by atoms with van der Waals surface area (Å²) in [6.07, 6.45) is 7.27. The van der Waals surface area contributed by atoms with Gasteiger partial charge in [-0.1, -0.05) is 22.4 Å². The average Bonchev–Trinajstić information content (AvgIpc) is 2.89. The van der Waals surface area contributed by atoms with Crippen LogP contribution in [0.5, 0.6) is 0 Å². The molecule has 0 spiro atoms. The molecule has 0 aromatic carbocycles. The number of rotatable bonds is 3. The van der Waals surface area contributed by atoms with E-state index >= 15 is 0 Å². The van der Waals surface area contributed by atoms with Crippen LogP contribution in [0.15, 0.2) is 0 Å². The Kier molecular flexibility index (Phi) is 3.08. The first-order valence-electron chi connectivity index (χ1n) is 5.20. The van der Waals surface area contributed by atoms with Gasteiger partial charge in [0.05, 0.1) is 0 Å². The van der Waals surface area contributed by atoms with Crippen molar-refractivity contribution < 1.29 is 0 Å². The van der Waals surface area contributed by atoms with Gasteiger partial charge in [-0.25, -0.2) is 0 Å². The van der Waals surface area contributed by atoms with E-state index in [1.807, 2.05) is 0 Å². The number of hydrogen-bond acceptors (Lipinski definition) is 1. The normalized spacial score (nSPS) is 32.2. The zero-order valence-corrected chi connectivity index (χ0v) is 9.22. The fourth-order valence-corrected chi connectivity index (χ4v) is 2.84. The van der Waals surface area contributed by atoms with Crippen molar-refractivity contribution in [3.8, 4) is 0 Å². The van der Waals surface area contributed by atoms with E-state index in [0.717, 1.165) is 12.0 Å². The molecule has 1 heterocycles. The van der Waals surface area contributed by atoms with E-state index in [1.165, 1.54) is 50.5 Å². The number of hydrogen-bond donors (Lipinski definition) is 0. The third-order valence-corrected chi connectivity index (χ3v) is 3.86. The zero-order valence-electron chi connectivity index (χ0n) is 7.64. The molecular formula is C10H18BrN. The lowest BCUT2D eigenvalue weighted by Gasteiger charge is -2.34. The van der Waals surface area contributed by atoms with Crippen LogP contribution in [0.2, 0.25) is 0 Å². The van der Waals surface area contributed by atoms with Crippen LogP contribution < -0.4 is 0 Å². The molecule has 0 aromatic heterocycles. The SMILES string of the molecule is BrC[C@H]1CCCCN1CC1CC1. The van der Waals surface area contributed by atoms with Crippen molar-refractivity contribution >= 4 is 15.9 Å². The van der Waals surface area contributed by atoms with Crippen molar-refractivity contribution in [2.75, 3.05) is 18.4 Å². The summed E-state index contributed by atoms with van der Waals surface area (Å²) in [5.74, 6) is 1.06. The molecule has 2 fully saturated rings. The van der Waals surface area contributed by atoms with E-state index in [4.69, 9.17) is 0 Å². The van der Waals surface area contributed by atoms with E-state index in [-0.39, 0.29) is 0 Å². The quantitative estimate of drug-likeness (QED) is 0.676. The number of nitrogens with zero attached hydrogens (tertiary/aromatic N) is 1. The smallest absolute Gasteiger partial charge is 0.0192 e. The van der Waals surface area contributed by atoms with Crippen LogP contribution in [-0.2, 0) is 0 Å². The topological polar surface area (TPSA) is 3.24 Å². The van der Waals surface area contributed by atoms with Gasteiger partial charge in [0.25, 0.3) is 0 Å². The molecule has 0 amide bonds. The summed E-state index contributed by atoms with van der Waals surface area (Å²) in [6.45, 7) is 2.74. The summed E-state index contributed by atoms with van der Waals surface area (Å²) in [7, 11) is 0. The van der Waals surface area contributed by atoms with Gasteiger partial charge in [-0.3, -0.25) is 4.90 Å². The molecule has 0 aromatic rings. The second-order valence-corrected chi connectivity index (χ2v) is 4.89. The highest BCUT2D eigenvalue weighted by Gasteiger charge is 2.28. The lowest BCUT2D eigenvalue weighted by atomic mass is 10.0. The average molecular weight is 232 g/mol. The van der Waals surface area contributed by atoms with Crippen molar-refractivity contribution in [3.05, 3.63) is 0 Å². The summed E-state index contributed by atoms with van der Waals surface area (Å²) >= 11 is 3.62. The van der Waals surface area contributed by atoms with Gasteiger partial charge in [-0.2, -0.15) is 0 Å². The summed E-state index contributed by atoms with van der Waals surface area (Å²) in [4.78, 5) is 2.70.